The molecule has 0 bridgehead atoms. The maximum Gasteiger partial charge on any atom is 0.336 e. The fourth-order valence-electron chi connectivity index (χ4n) is 1.46. The van der Waals surface area contributed by atoms with Gasteiger partial charge in [-0.05, 0) is 12.5 Å². The summed E-state index contributed by atoms with van der Waals surface area (Å²) < 4.78 is 0. The summed E-state index contributed by atoms with van der Waals surface area (Å²) in [5.74, 6) is -3.56. The fourth-order valence-corrected chi connectivity index (χ4v) is 1.46. The van der Waals surface area contributed by atoms with Gasteiger partial charge < -0.3 is 25.5 Å². The van der Waals surface area contributed by atoms with E-state index in [9.17, 15) is 25.2 Å². The first-order chi connectivity index (χ1) is 7.88. The SMILES string of the molecule is CCC(O)Cc1c(C(=O)O)cc(O)c(O)c1O. The number of carboxylic acid groups (broad SMARTS) is 1. The van der Waals surface area contributed by atoms with Crippen molar-refractivity contribution in [2.45, 2.75) is 25.9 Å². The Morgan fingerprint density at radius 2 is 1.88 bits per heavy atom. The standard InChI is InChI=1S/C11H14O6/c1-2-5(12)3-6-7(11(16)17)4-8(13)10(15)9(6)14/h4-5,12-15H,2-3H2,1H3,(H,16,17). The van der Waals surface area contributed by atoms with Crippen LogP contribution in [0.15, 0.2) is 6.07 Å². The van der Waals surface area contributed by atoms with Crippen LogP contribution in [-0.4, -0.2) is 37.6 Å². The number of phenolic OH excluding ortho intramolecular Hbond substituents is 3. The van der Waals surface area contributed by atoms with Gasteiger partial charge in [0.25, 0.3) is 0 Å². The number of aromatic hydroxyl groups is 3. The molecular weight excluding hydrogens is 228 g/mol. The van der Waals surface area contributed by atoms with Crippen molar-refractivity contribution < 1.29 is 30.3 Å². The summed E-state index contributed by atoms with van der Waals surface area (Å²) in [4.78, 5) is 10.9. The number of aliphatic hydroxyl groups excluding tert-OH is 1. The average molecular weight is 242 g/mol. The van der Waals surface area contributed by atoms with Crippen molar-refractivity contribution in [3.8, 4) is 17.2 Å². The summed E-state index contributed by atoms with van der Waals surface area (Å²) >= 11 is 0. The maximum atomic E-state index is 10.9. The molecule has 0 aliphatic rings. The van der Waals surface area contributed by atoms with Crippen molar-refractivity contribution in [2.75, 3.05) is 0 Å². The molecule has 1 atom stereocenters. The predicted molar refractivity (Wildman–Crippen MR) is 58.4 cm³/mol. The van der Waals surface area contributed by atoms with Gasteiger partial charge in [-0.3, -0.25) is 0 Å². The number of benzene rings is 1. The van der Waals surface area contributed by atoms with Crippen LogP contribution >= 0.6 is 0 Å². The maximum absolute atomic E-state index is 10.9. The van der Waals surface area contributed by atoms with E-state index in [4.69, 9.17) is 5.11 Å². The first-order valence-corrected chi connectivity index (χ1v) is 5.06. The molecule has 1 aromatic carbocycles. The van der Waals surface area contributed by atoms with Crippen LogP contribution in [0.4, 0.5) is 0 Å². The van der Waals surface area contributed by atoms with E-state index in [1.165, 1.54) is 0 Å². The van der Waals surface area contributed by atoms with Gasteiger partial charge in [0, 0.05) is 12.0 Å². The molecule has 0 radical (unpaired) electrons. The zero-order chi connectivity index (χ0) is 13.2. The summed E-state index contributed by atoms with van der Waals surface area (Å²) in [5, 5.41) is 46.4. The second-order valence-electron chi connectivity index (χ2n) is 3.69. The third-order valence-corrected chi connectivity index (χ3v) is 2.50. The predicted octanol–water partition coefficient (Wildman–Crippen LogP) is 0.815. The third kappa shape index (κ3) is 2.59. The van der Waals surface area contributed by atoms with Crippen LogP contribution in [0.1, 0.15) is 29.3 Å². The highest BCUT2D eigenvalue weighted by Crippen LogP contribution is 2.40. The highest BCUT2D eigenvalue weighted by atomic mass is 16.4. The Bertz CT molecular complexity index is 440. The molecule has 5 N–H and O–H groups in total. The van der Waals surface area contributed by atoms with Crippen LogP contribution in [0.25, 0.3) is 0 Å². The second kappa shape index (κ2) is 4.92. The van der Waals surface area contributed by atoms with Crippen LogP contribution in [0.5, 0.6) is 17.2 Å². The van der Waals surface area contributed by atoms with E-state index < -0.39 is 29.3 Å². The van der Waals surface area contributed by atoms with Gasteiger partial charge in [-0.2, -0.15) is 0 Å². The Balaban J connectivity index is 3.33. The molecule has 0 saturated carbocycles. The van der Waals surface area contributed by atoms with Crippen LogP contribution in [0.2, 0.25) is 0 Å². The smallest absolute Gasteiger partial charge is 0.336 e. The fraction of sp³-hybridized carbons (Fsp3) is 0.364. The lowest BCUT2D eigenvalue weighted by atomic mass is 9.98. The van der Waals surface area contributed by atoms with E-state index in [1.807, 2.05) is 0 Å². The first kappa shape index (κ1) is 13.1. The second-order valence-corrected chi connectivity index (χ2v) is 3.69. The molecule has 6 heteroatoms. The van der Waals surface area contributed by atoms with Gasteiger partial charge >= 0.3 is 5.97 Å². The summed E-state index contributed by atoms with van der Waals surface area (Å²) in [6.45, 7) is 1.70. The normalized spacial score (nSPS) is 12.4. The molecular formula is C11H14O6. The largest absolute Gasteiger partial charge is 0.504 e. The highest BCUT2D eigenvalue weighted by molar-refractivity contribution is 5.91. The Labute approximate surface area is 97.4 Å². The van der Waals surface area contributed by atoms with Crippen molar-refractivity contribution in [2.24, 2.45) is 0 Å². The Morgan fingerprint density at radius 1 is 1.29 bits per heavy atom. The van der Waals surface area contributed by atoms with Crippen molar-refractivity contribution in [3.63, 3.8) is 0 Å². The molecule has 0 aliphatic carbocycles. The molecule has 1 rings (SSSR count). The first-order valence-electron chi connectivity index (χ1n) is 5.06. The molecule has 0 amide bonds. The number of hydrogen-bond donors (Lipinski definition) is 5. The van der Waals surface area contributed by atoms with E-state index in [1.54, 1.807) is 6.92 Å². The minimum absolute atomic E-state index is 0.0952. The molecule has 0 fully saturated rings. The molecule has 0 aromatic heterocycles. The molecule has 0 saturated heterocycles. The van der Waals surface area contributed by atoms with Gasteiger partial charge in [-0.15, -0.1) is 0 Å². The minimum atomic E-state index is -1.35. The lowest BCUT2D eigenvalue weighted by Crippen LogP contribution is -2.12. The number of carbonyl (C=O) groups is 1. The van der Waals surface area contributed by atoms with Crippen LogP contribution in [0.3, 0.4) is 0 Å². The quantitative estimate of drug-likeness (QED) is 0.499. The summed E-state index contributed by atoms with van der Waals surface area (Å²) in [6.07, 6.45) is -0.569. The van der Waals surface area contributed by atoms with Crippen molar-refractivity contribution >= 4 is 5.97 Å². The lowest BCUT2D eigenvalue weighted by molar-refractivity contribution is 0.0693. The Morgan fingerprint density at radius 3 is 2.35 bits per heavy atom. The van der Waals surface area contributed by atoms with E-state index in [-0.39, 0.29) is 17.5 Å². The van der Waals surface area contributed by atoms with E-state index in [0.717, 1.165) is 6.07 Å². The molecule has 6 nitrogen and oxygen atoms in total. The van der Waals surface area contributed by atoms with Gasteiger partial charge in [0.15, 0.2) is 11.5 Å². The van der Waals surface area contributed by atoms with Crippen LogP contribution < -0.4 is 0 Å². The van der Waals surface area contributed by atoms with Crippen LogP contribution in [-0.2, 0) is 6.42 Å². The molecule has 0 aliphatic heterocycles. The van der Waals surface area contributed by atoms with Gasteiger partial charge in [-0.1, -0.05) is 6.92 Å². The van der Waals surface area contributed by atoms with Gasteiger partial charge in [0.05, 0.1) is 11.7 Å². The van der Waals surface area contributed by atoms with E-state index >= 15 is 0 Å². The lowest BCUT2D eigenvalue weighted by Gasteiger charge is -2.14. The van der Waals surface area contributed by atoms with Crippen molar-refractivity contribution in [1.29, 1.82) is 0 Å². The van der Waals surface area contributed by atoms with Gasteiger partial charge in [0.1, 0.15) is 0 Å². The zero-order valence-corrected chi connectivity index (χ0v) is 9.21. The van der Waals surface area contributed by atoms with Crippen LogP contribution in [0, 0.1) is 0 Å². The molecule has 0 spiro atoms. The Kier molecular flexibility index (Phi) is 3.80. The highest BCUT2D eigenvalue weighted by Gasteiger charge is 2.22. The minimum Gasteiger partial charge on any atom is -0.504 e. The molecule has 94 valence electrons. The number of hydrogen-bond acceptors (Lipinski definition) is 5. The topological polar surface area (TPSA) is 118 Å². The van der Waals surface area contributed by atoms with Gasteiger partial charge in [0.2, 0.25) is 5.75 Å². The average Bonchev–Trinajstić information content (AvgIpc) is 2.28. The summed E-state index contributed by atoms with van der Waals surface area (Å²) in [6, 6.07) is 0.842. The van der Waals surface area contributed by atoms with E-state index in [2.05, 4.69) is 0 Å². The zero-order valence-electron chi connectivity index (χ0n) is 9.21. The summed E-state index contributed by atoms with van der Waals surface area (Å²) in [7, 11) is 0. The van der Waals surface area contributed by atoms with Gasteiger partial charge in [-0.25, -0.2) is 4.79 Å². The molecule has 17 heavy (non-hydrogen) atoms. The monoisotopic (exact) mass is 242 g/mol. The van der Waals surface area contributed by atoms with E-state index in [0.29, 0.717) is 6.42 Å². The molecule has 1 aromatic rings. The molecule has 0 heterocycles. The number of aromatic carboxylic acids is 1. The third-order valence-electron chi connectivity index (χ3n) is 2.50. The number of carboxylic acids is 1. The van der Waals surface area contributed by atoms with Crippen molar-refractivity contribution in [1.82, 2.24) is 0 Å². The molecule has 1 unspecified atom stereocenters. The van der Waals surface area contributed by atoms with Crippen molar-refractivity contribution in [3.05, 3.63) is 17.2 Å². The summed E-state index contributed by atoms with van der Waals surface area (Å²) in [5.41, 5.74) is -0.438. The number of rotatable bonds is 4. The number of phenols is 3. The Hall–Kier alpha value is -1.95. The number of aliphatic hydroxyl groups is 1.